The molecule has 1 rings (SSSR count). The highest BCUT2D eigenvalue weighted by molar-refractivity contribution is 7.90. The zero-order valence-corrected chi connectivity index (χ0v) is 11.8. The minimum atomic E-state index is -3.26. The first kappa shape index (κ1) is 14.9. The molecule has 5 nitrogen and oxygen atoms in total. The first-order chi connectivity index (χ1) is 7.73. The summed E-state index contributed by atoms with van der Waals surface area (Å²) in [5.41, 5.74) is -1.03. The van der Waals surface area contributed by atoms with Crippen LogP contribution in [0.3, 0.4) is 0 Å². The zero-order valence-electron chi connectivity index (χ0n) is 10.9. The summed E-state index contributed by atoms with van der Waals surface area (Å²) in [6.45, 7) is 2.15. The number of hydrogen-bond donors (Lipinski definition) is 2. The maximum Gasteiger partial charge on any atom is 0.214 e. The van der Waals surface area contributed by atoms with Crippen LogP contribution in [0, 0.1) is 0 Å². The summed E-state index contributed by atoms with van der Waals surface area (Å²) in [6, 6.07) is 0. The first-order valence-electron chi connectivity index (χ1n) is 6.08. The van der Waals surface area contributed by atoms with Crippen LogP contribution in [0.2, 0.25) is 0 Å². The molecule has 0 aromatic rings. The normalized spacial score (nSPS) is 21.9. The molecule has 1 saturated carbocycles. The topological polar surface area (TPSA) is 69.6 Å². The Balaban J connectivity index is 2.48. The molecule has 0 spiro atoms. The van der Waals surface area contributed by atoms with Crippen LogP contribution < -0.4 is 4.72 Å². The van der Waals surface area contributed by atoms with E-state index in [9.17, 15) is 13.5 Å². The second-order valence-corrected chi connectivity index (χ2v) is 7.55. The molecule has 0 bridgehead atoms. The van der Waals surface area contributed by atoms with Gasteiger partial charge >= 0.3 is 0 Å². The molecular weight excluding hydrogens is 240 g/mol. The van der Waals surface area contributed by atoms with Crippen LogP contribution in [0.1, 0.15) is 32.6 Å². The van der Waals surface area contributed by atoms with Crippen molar-refractivity contribution in [1.82, 2.24) is 9.62 Å². The summed E-state index contributed by atoms with van der Waals surface area (Å²) >= 11 is 0. The van der Waals surface area contributed by atoms with Gasteiger partial charge < -0.3 is 10.0 Å². The van der Waals surface area contributed by atoms with Crippen LogP contribution in [0.25, 0.3) is 0 Å². The van der Waals surface area contributed by atoms with Crippen LogP contribution in [0.15, 0.2) is 0 Å². The van der Waals surface area contributed by atoms with Gasteiger partial charge in [-0.1, -0.05) is 12.8 Å². The smallest absolute Gasteiger partial charge is 0.214 e. The summed E-state index contributed by atoms with van der Waals surface area (Å²) in [5.74, 6) is 0. The molecule has 1 unspecified atom stereocenters. The fourth-order valence-electron chi connectivity index (χ4n) is 2.31. The Bertz CT molecular complexity index is 333. The lowest BCUT2D eigenvalue weighted by molar-refractivity contribution is 0.0385. The van der Waals surface area contributed by atoms with E-state index in [1.54, 1.807) is 6.92 Å². The van der Waals surface area contributed by atoms with Crippen molar-refractivity contribution >= 4 is 10.0 Å². The van der Waals surface area contributed by atoms with Crippen molar-refractivity contribution in [1.29, 1.82) is 0 Å². The largest absolute Gasteiger partial charge is 0.387 e. The number of aliphatic hydroxyl groups is 1. The maximum atomic E-state index is 11.9. The Kier molecular flexibility index (Phi) is 4.95. The molecule has 0 radical (unpaired) electrons. The van der Waals surface area contributed by atoms with Crippen molar-refractivity contribution in [2.45, 2.75) is 43.5 Å². The number of nitrogens with zero attached hydrogens (tertiary/aromatic N) is 1. The molecule has 1 aliphatic carbocycles. The molecule has 0 aliphatic heterocycles. The third-order valence-electron chi connectivity index (χ3n) is 3.05. The molecule has 17 heavy (non-hydrogen) atoms. The fraction of sp³-hybridized carbons (Fsp3) is 1.00. The van der Waals surface area contributed by atoms with Crippen LogP contribution in [0.5, 0.6) is 0 Å². The predicted molar refractivity (Wildman–Crippen MR) is 68.4 cm³/mol. The Morgan fingerprint density at radius 1 is 1.35 bits per heavy atom. The lowest BCUT2D eigenvalue weighted by Gasteiger charge is -2.27. The zero-order chi connectivity index (χ0) is 13.1. The van der Waals surface area contributed by atoms with Crippen molar-refractivity contribution in [2.75, 3.05) is 27.2 Å². The minimum Gasteiger partial charge on any atom is -0.387 e. The van der Waals surface area contributed by atoms with Gasteiger partial charge in [0.25, 0.3) is 0 Å². The van der Waals surface area contributed by atoms with Gasteiger partial charge in [-0.15, -0.1) is 0 Å². The second kappa shape index (κ2) is 5.65. The van der Waals surface area contributed by atoms with Crippen LogP contribution in [0.4, 0.5) is 0 Å². The van der Waals surface area contributed by atoms with E-state index in [0.717, 1.165) is 25.7 Å². The molecule has 1 aliphatic rings. The molecule has 102 valence electrons. The highest BCUT2D eigenvalue weighted by Gasteiger charge is 2.31. The van der Waals surface area contributed by atoms with Gasteiger partial charge in [-0.25, -0.2) is 13.1 Å². The molecule has 0 heterocycles. The van der Waals surface area contributed by atoms with E-state index >= 15 is 0 Å². The van der Waals surface area contributed by atoms with Gasteiger partial charge in [-0.05, 0) is 33.9 Å². The summed E-state index contributed by atoms with van der Waals surface area (Å²) in [6.07, 6.45) is 3.45. The Morgan fingerprint density at radius 3 is 2.35 bits per heavy atom. The SMILES string of the molecule is CN(C)CC(C)(O)CNS(=O)(=O)C1CCCC1. The third kappa shape index (κ3) is 4.91. The van der Waals surface area contributed by atoms with Crippen molar-refractivity contribution in [2.24, 2.45) is 0 Å². The fourth-order valence-corrected chi connectivity index (χ4v) is 4.01. The quantitative estimate of drug-likeness (QED) is 0.717. The number of nitrogens with one attached hydrogen (secondary N) is 1. The van der Waals surface area contributed by atoms with Gasteiger partial charge in [0.05, 0.1) is 10.9 Å². The van der Waals surface area contributed by atoms with Gasteiger partial charge in [-0.3, -0.25) is 0 Å². The van der Waals surface area contributed by atoms with E-state index < -0.39 is 15.6 Å². The Hall–Kier alpha value is -0.170. The highest BCUT2D eigenvalue weighted by Crippen LogP contribution is 2.24. The lowest BCUT2D eigenvalue weighted by atomic mass is 10.1. The summed E-state index contributed by atoms with van der Waals surface area (Å²) < 4.78 is 26.4. The summed E-state index contributed by atoms with van der Waals surface area (Å²) in [5, 5.41) is 9.76. The molecule has 0 amide bonds. The molecule has 2 N–H and O–H groups in total. The first-order valence-corrected chi connectivity index (χ1v) is 7.63. The van der Waals surface area contributed by atoms with E-state index in [1.165, 1.54) is 0 Å². The summed E-state index contributed by atoms with van der Waals surface area (Å²) in [7, 11) is 0.437. The molecular formula is C11H24N2O3S. The van der Waals surface area contributed by atoms with E-state index in [-0.39, 0.29) is 11.8 Å². The van der Waals surface area contributed by atoms with Crippen LogP contribution in [-0.4, -0.2) is 56.5 Å². The van der Waals surface area contributed by atoms with Crippen LogP contribution in [-0.2, 0) is 10.0 Å². The maximum absolute atomic E-state index is 11.9. The highest BCUT2D eigenvalue weighted by atomic mass is 32.2. The van der Waals surface area contributed by atoms with E-state index in [0.29, 0.717) is 6.54 Å². The molecule has 0 saturated heterocycles. The van der Waals surface area contributed by atoms with Crippen molar-refractivity contribution in [3.8, 4) is 0 Å². The van der Waals surface area contributed by atoms with Gasteiger partial charge in [0.1, 0.15) is 0 Å². The van der Waals surface area contributed by atoms with Gasteiger partial charge in [0.15, 0.2) is 0 Å². The van der Waals surface area contributed by atoms with Crippen LogP contribution >= 0.6 is 0 Å². The number of likely N-dealkylation sites (N-methyl/N-ethyl adjacent to an activating group) is 1. The predicted octanol–water partition coefficient (Wildman–Crippen LogP) is 0.161. The number of hydrogen-bond acceptors (Lipinski definition) is 4. The van der Waals surface area contributed by atoms with Gasteiger partial charge in [0, 0.05) is 13.1 Å². The van der Waals surface area contributed by atoms with E-state index in [4.69, 9.17) is 0 Å². The standard InChI is InChI=1S/C11H24N2O3S/c1-11(14,9-13(2)3)8-12-17(15,16)10-6-4-5-7-10/h10,12,14H,4-9H2,1-3H3. The number of sulfonamides is 1. The number of rotatable bonds is 6. The van der Waals surface area contributed by atoms with Gasteiger partial charge in [0.2, 0.25) is 10.0 Å². The lowest BCUT2D eigenvalue weighted by Crippen LogP contribution is -2.48. The third-order valence-corrected chi connectivity index (χ3v) is 4.95. The average molecular weight is 264 g/mol. The average Bonchev–Trinajstić information content (AvgIpc) is 2.66. The monoisotopic (exact) mass is 264 g/mol. The van der Waals surface area contributed by atoms with Gasteiger partial charge in [-0.2, -0.15) is 0 Å². The molecule has 0 aromatic heterocycles. The van der Waals surface area contributed by atoms with E-state index in [2.05, 4.69) is 4.72 Å². The summed E-state index contributed by atoms with van der Waals surface area (Å²) in [4.78, 5) is 1.84. The molecule has 0 aromatic carbocycles. The van der Waals surface area contributed by atoms with Crippen molar-refractivity contribution < 1.29 is 13.5 Å². The Morgan fingerprint density at radius 2 is 1.88 bits per heavy atom. The van der Waals surface area contributed by atoms with Crippen molar-refractivity contribution in [3.63, 3.8) is 0 Å². The molecule has 1 atom stereocenters. The molecule has 1 fully saturated rings. The molecule has 6 heteroatoms. The Labute approximate surface area is 104 Å². The minimum absolute atomic E-state index is 0.0734. The second-order valence-electron chi connectivity index (χ2n) is 5.51. The van der Waals surface area contributed by atoms with E-state index in [1.807, 2.05) is 19.0 Å². The van der Waals surface area contributed by atoms with Crippen molar-refractivity contribution in [3.05, 3.63) is 0 Å².